The highest BCUT2D eigenvalue weighted by molar-refractivity contribution is 5.94. The number of aromatic amines is 1. The number of carbonyl (C=O) groups excluding carboxylic acids is 1. The minimum Gasteiger partial charge on any atom is -0.369 e. The number of amides is 1. The van der Waals surface area contributed by atoms with Gasteiger partial charge in [-0.2, -0.15) is 5.10 Å². The van der Waals surface area contributed by atoms with Crippen molar-refractivity contribution in [1.29, 1.82) is 0 Å². The van der Waals surface area contributed by atoms with Gasteiger partial charge in [-0.3, -0.25) is 9.89 Å². The fraction of sp³-hybridized carbons (Fsp3) is 0.600. The van der Waals surface area contributed by atoms with E-state index in [2.05, 4.69) is 25.7 Å². The lowest BCUT2D eigenvalue weighted by molar-refractivity contribution is -0.00697. The Morgan fingerprint density at radius 3 is 3.04 bits per heavy atom. The molecule has 8 nitrogen and oxygen atoms in total. The number of fused-ring (bicyclic) bond motifs is 1. The Morgan fingerprint density at radius 1 is 1.52 bits per heavy atom. The normalized spacial score (nSPS) is 20.6. The van der Waals surface area contributed by atoms with Gasteiger partial charge in [-0.15, -0.1) is 10.2 Å². The van der Waals surface area contributed by atoms with Crippen LogP contribution in [0.3, 0.4) is 0 Å². The number of carbonyl (C=O) groups is 1. The lowest BCUT2D eigenvalue weighted by atomic mass is 9.99. The van der Waals surface area contributed by atoms with Crippen molar-refractivity contribution in [2.75, 3.05) is 0 Å². The molecule has 0 saturated carbocycles. The Morgan fingerprint density at radius 2 is 2.30 bits per heavy atom. The Labute approximate surface area is 134 Å². The van der Waals surface area contributed by atoms with E-state index >= 15 is 0 Å². The van der Waals surface area contributed by atoms with E-state index in [0.29, 0.717) is 18.7 Å². The van der Waals surface area contributed by atoms with Gasteiger partial charge in [0, 0.05) is 18.0 Å². The van der Waals surface area contributed by atoms with Crippen LogP contribution in [-0.2, 0) is 17.7 Å². The number of nitrogens with one attached hydrogen (secondary N) is 2. The molecule has 0 radical (unpaired) electrons. The quantitative estimate of drug-likeness (QED) is 0.891. The number of hydrogen-bond donors (Lipinski definition) is 2. The van der Waals surface area contributed by atoms with Crippen molar-refractivity contribution >= 4 is 5.91 Å². The van der Waals surface area contributed by atoms with Crippen LogP contribution in [0.2, 0.25) is 0 Å². The molecule has 2 aromatic heterocycles. The molecule has 2 N–H and O–H groups in total. The van der Waals surface area contributed by atoms with Crippen LogP contribution in [0.25, 0.3) is 0 Å². The summed E-state index contributed by atoms with van der Waals surface area (Å²) in [7, 11) is 0. The maximum Gasteiger partial charge on any atom is 0.272 e. The van der Waals surface area contributed by atoms with Crippen molar-refractivity contribution in [3.63, 3.8) is 0 Å². The van der Waals surface area contributed by atoms with Crippen molar-refractivity contribution in [1.82, 2.24) is 30.3 Å². The van der Waals surface area contributed by atoms with Crippen LogP contribution >= 0.6 is 0 Å². The number of ether oxygens (including phenoxy) is 1. The average molecular weight is 318 g/mol. The first-order chi connectivity index (χ1) is 11.0. The van der Waals surface area contributed by atoms with Crippen LogP contribution in [-0.4, -0.2) is 37.0 Å². The molecule has 1 amide bonds. The molecule has 2 aromatic rings. The molecule has 0 bridgehead atoms. The fourth-order valence-corrected chi connectivity index (χ4v) is 2.93. The minimum atomic E-state index is -0.206. The summed E-state index contributed by atoms with van der Waals surface area (Å²) in [4.78, 5) is 12.5. The fourth-order valence-electron chi connectivity index (χ4n) is 2.93. The van der Waals surface area contributed by atoms with Gasteiger partial charge in [-0.1, -0.05) is 0 Å². The predicted octanol–water partition coefficient (Wildman–Crippen LogP) is 1.53. The summed E-state index contributed by atoms with van der Waals surface area (Å²) in [6.45, 7) is 8.36. The molecule has 0 aromatic carbocycles. The molecule has 0 unspecified atom stereocenters. The maximum absolute atomic E-state index is 12.5. The second kappa shape index (κ2) is 6.11. The van der Waals surface area contributed by atoms with Gasteiger partial charge >= 0.3 is 0 Å². The highest BCUT2D eigenvalue weighted by Gasteiger charge is 2.29. The first-order valence-corrected chi connectivity index (χ1v) is 7.86. The van der Waals surface area contributed by atoms with E-state index < -0.39 is 0 Å². The molecule has 1 aliphatic rings. The summed E-state index contributed by atoms with van der Waals surface area (Å²) in [6.07, 6.45) is 2.35. The molecule has 0 fully saturated rings. The molecule has 2 atom stereocenters. The van der Waals surface area contributed by atoms with Gasteiger partial charge in [-0.05, 0) is 27.7 Å². The van der Waals surface area contributed by atoms with Gasteiger partial charge in [0.25, 0.3) is 5.91 Å². The molecule has 3 heterocycles. The molecular weight excluding hydrogens is 296 g/mol. The van der Waals surface area contributed by atoms with E-state index in [9.17, 15) is 4.79 Å². The number of H-pyrrole nitrogens is 1. The third-order valence-corrected chi connectivity index (χ3v) is 4.06. The van der Waals surface area contributed by atoms with Crippen molar-refractivity contribution in [3.05, 3.63) is 29.1 Å². The summed E-state index contributed by atoms with van der Waals surface area (Å²) in [5.74, 6) is 0.518. The highest BCUT2D eigenvalue weighted by atomic mass is 16.5. The van der Waals surface area contributed by atoms with Crippen LogP contribution in [0.5, 0.6) is 0 Å². The van der Waals surface area contributed by atoms with E-state index in [1.54, 1.807) is 6.33 Å². The van der Waals surface area contributed by atoms with E-state index in [-0.39, 0.29) is 24.2 Å². The van der Waals surface area contributed by atoms with Gasteiger partial charge in [0.1, 0.15) is 6.33 Å². The van der Waals surface area contributed by atoms with Crippen LogP contribution in [0.15, 0.2) is 6.33 Å². The molecular formula is C15H22N6O2. The summed E-state index contributed by atoms with van der Waals surface area (Å²) in [6, 6.07) is 0.244. The van der Waals surface area contributed by atoms with E-state index in [1.807, 2.05) is 32.3 Å². The highest BCUT2D eigenvalue weighted by Crippen LogP contribution is 2.30. The molecule has 23 heavy (non-hydrogen) atoms. The number of hydrogen-bond acceptors (Lipinski definition) is 5. The first kappa shape index (κ1) is 15.7. The number of rotatable bonds is 4. The lowest BCUT2D eigenvalue weighted by Gasteiger charge is -2.25. The van der Waals surface area contributed by atoms with Crippen LogP contribution in [0, 0.1) is 0 Å². The zero-order chi connectivity index (χ0) is 16.6. The van der Waals surface area contributed by atoms with Crippen molar-refractivity contribution in [3.8, 4) is 0 Å². The molecule has 0 aliphatic carbocycles. The molecule has 8 heteroatoms. The summed E-state index contributed by atoms with van der Waals surface area (Å²) >= 11 is 0. The Hall–Kier alpha value is -2.22. The van der Waals surface area contributed by atoms with E-state index in [4.69, 9.17) is 4.74 Å². The van der Waals surface area contributed by atoms with E-state index in [0.717, 1.165) is 17.1 Å². The topological polar surface area (TPSA) is 97.7 Å². The monoisotopic (exact) mass is 318 g/mol. The van der Waals surface area contributed by atoms with Gasteiger partial charge in [0.15, 0.2) is 11.5 Å². The summed E-state index contributed by atoms with van der Waals surface area (Å²) in [5.41, 5.74) is 2.27. The smallest absolute Gasteiger partial charge is 0.272 e. The summed E-state index contributed by atoms with van der Waals surface area (Å²) in [5, 5.41) is 17.9. The molecule has 124 valence electrons. The standard InChI is InChI=1S/C15H22N6O2/c1-8(2)21-7-17-18-12(21)6-16-15(22)14-11-5-9(3)23-10(4)13(11)19-20-14/h7-10H,5-6H2,1-4H3,(H,16,22)(H,19,20)/t9-,10+/m0/s1. The Balaban J connectivity index is 1.73. The lowest BCUT2D eigenvalue weighted by Crippen LogP contribution is -2.28. The van der Waals surface area contributed by atoms with Gasteiger partial charge in [-0.25, -0.2) is 0 Å². The predicted molar refractivity (Wildman–Crippen MR) is 82.8 cm³/mol. The van der Waals surface area contributed by atoms with Crippen LogP contribution in [0.1, 0.15) is 67.4 Å². The molecule has 0 spiro atoms. The third-order valence-electron chi connectivity index (χ3n) is 4.06. The maximum atomic E-state index is 12.5. The average Bonchev–Trinajstić information content (AvgIpc) is 3.10. The van der Waals surface area contributed by atoms with Crippen molar-refractivity contribution in [2.45, 2.75) is 58.9 Å². The SMILES string of the molecule is CC(C)n1cnnc1CNC(=O)c1n[nH]c2c1C[C@H](C)O[C@@H]2C. The second-order valence-electron chi connectivity index (χ2n) is 6.19. The molecule has 1 aliphatic heterocycles. The number of aromatic nitrogens is 5. The Kier molecular flexibility index (Phi) is 4.16. The second-order valence-corrected chi connectivity index (χ2v) is 6.19. The van der Waals surface area contributed by atoms with Gasteiger partial charge in [0.05, 0.1) is 24.4 Å². The van der Waals surface area contributed by atoms with Crippen LogP contribution < -0.4 is 5.32 Å². The minimum absolute atomic E-state index is 0.0747. The summed E-state index contributed by atoms with van der Waals surface area (Å²) < 4.78 is 7.67. The van der Waals surface area contributed by atoms with Gasteiger partial charge < -0.3 is 14.6 Å². The zero-order valence-electron chi connectivity index (χ0n) is 13.8. The largest absolute Gasteiger partial charge is 0.369 e. The van der Waals surface area contributed by atoms with E-state index in [1.165, 1.54) is 0 Å². The Bertz CT molecular complexity index is 705. The zero-order valence-corrected chi connectivity index (χ0v) is 13.8. The van der Waals surface area contributed by atoms with Gasteiger partial charge in [0.2, 0.25) is 0 Å². The third kappa shape index (κ3) is 2.98. The number of nitrogens with zero attached hydrogens (tertiary/aromatic N) is 4. The van der Waals surface area contributed by atoms with Crippen molar-refractivity contribution in [2.24, 2.45) is 0 Å². The first-order valence-electron chi connectivity index (χ1n) is 7.86. The molecule has 0 saturated heterocycles. The van der Waals surface area contributed by atoms with Crippen LogP contribution in [0.4, 0.5) is 0 Å². The molecule has 3 rings (SSSR count). The van der Waals surface area contributed by atoms with Crippen molar-refractivity contribution < 1.29 is 9.53 Å².